The molecular weight excluding hydrogens is 272 g/mol. The molecule has 3 rings (SSSR count). The van der Waals surface area contributed by atoms with Gasteiger partial charge in [0.2, 0.25) is 0 Å². The molecule has 0 radical (unpaired) electrons. The van der Waals surface area contributed by atoms with E-state index < -0.39 is 0 Å². The summed E-state index contributed by atoms with van der Waals surface area (Å²) in [5.74, 6) is 0.734. The van der Waals surface area contributed by atoms with Crippen LogP contribution in [0.4, 0.5) is 0 Å². The van der Waals surface area contributed by atoms with Crippen LogP contribution in [0.25, 0.3) is 21.5 Å². The van der Waals surface area contributed by atoms with Gasteiger partial charge < -0.3 is 9.72 Å². The van der Waals surface area contributed by atoms with Crippen molar-refractivity contribution < 1.29 is 4.74 Å². The number of aromatic nitrogens is 2. The second kappa shape index (κ2) is 6.34. The van der Waals surface area contributed by atoms with Crippen LogP contribution in [0, 0.1) is 0 Å². The van der Waals surface area contributed by atoms with Crippen molar-refractivity contribution in [3.8, 4) is 16.5 Å². The molecule has 2 heterocycles. The van der Waals surface area contributed by atoms with E-state index in [1.165, 1.54) is 11.3 Å². The molecule has 0 amide bonds. The van der Waals surface area contributed by atoms with E-state index in [1.807, 2.05) is 31.4 Å². The Morgan fingerprint density at radius 1 is 1.25 bits per heavy atom. The van der Waals surface area contributed by atoms with Gasteiger partial charge in [0.05, 0.1) is 12.8 Å². The molecule has 0 spiro atoms. The summed E-state index contributed by atoms with van der Waals surface area (Å²) in [5, 5.41) is 4.18. The van der Waals surface area contributed by atoms with Gasteiger partial charge >= 0.3 is 0 Å². The van der Waals surface area contributed by atoms with E-state index >= 15 is 0 Å². The number of nitrogens with one attached hydrogen (secondary N) is 1. The highest BCUT2D eigenvalue weighted by molar-refractivity contribution is 7.13. The number of thiazole rings is 1. The maximum Gasteiger partial charge on any atom is 0.256 e. The predicted molar refractivity (Wildman–Crippen MR) is 83.6 cm³/mol. The Hall–Kier alpha value is -2.14. The molecule has 0 aliphatic heterocycles. The number of pyridine rings is 1. The van der Waals surface area contributed by atoms with Crippen molar-refractivity contribution in [1.29, 1.82) is 0 Å². The number of hydrogen-bond donors (Lipinski definition) is 1. The number of hydrogen-bond acceptors (Lipinski definition) is 4. The minimum Gasteiger partial charge on any atom is -0.497 e. The Bertz CT molecular complexity index is 748. The Morgan fingerprint density at radius 2 is 2.05 bits per heavy atom. The second-order valence-electron chi connectivity index (χ2n) is 3.80. The maximum absolute atomic E-state index is 12.0. The molecule has 5 heteroatoms. The van der Waals surface area contributed by atoms with Crippen molar-refractivity contribution in [3.05, 3.63) is 46.2 Å². The summed E-state index contributed by atoms with van der Waals surface area (Å²) < 4.78 is 5.17. The third-order valence-electron chi connectivity index (χ3n) is 2.71. The highest BCUT2D eigenvalue weighted by atomic mass is 32.1. The van der Waals surface area contributed by atoms with Crippen LogP contribution in [-0.4, -0.2) is 17.1 Å². The summed E-state index contributed by atoms with van der Waals surface area (Å²) >= 11 is 1.49. The van der Waals surface area contributed by atoms with Gasteiger partial charge in [-0.05, 0) is 29.7 Å². The molecule has 2 aromatic heterocycles. The van der Waals surface area contributed by atoms with Crippen molar-refractivity contribution in [2.45, 2.75) is 13.8 Å². The van der Waals surface area contributed by atoms with Gasteiger partial charge in [-0.1, -0.05) is 13.8 Å². The van der Waals surface area contributed by atoms with Crippen LogP contribution in [-0.2, 0) is 0 Å². The van der Waals surface area contributed by atoms with Crippen LogP contribution in [0.2, 0.25) is 0 Å². The minimum atomic E-state index is -0.111. The van der Waals surface area contributed by atoms with Gasteiger partial charge in [0.15, 0.2) is 0 Å². The SMILES string of the molecule is CC.COc1ccc2c(=O)[nH]c(-c3nccs3)cc2c1. The molecule has 1 N–H and O–H groups in total. The van der Waals surface area contributed by atoms with E-state index in [0.717, 1.165) is 21.8 Å². The average Bonchev–Trinajstić information content (AvgIpc) is 3.03. The molecule has 1 aromatic carbocycles. The zero-order valence-electron chi connectivity index (χ0n) is 11.6. The fraction of sp³-hybridized carbons (Fsp3) is 0.200. The normalized spacial score (nSPS) is 9.95. The molecule has 3 aromatic rings. The molecule has 20 heavy (non-hydrogen) atoms. The number of rotatable bonds is 2. The Labute approximate surface area is 121 Å². The molecular formula is C15H16N2O2S. The van der Waals surface area contributed by atoms with Crippen molar-refractivity contribution >= 4 is 22.1 Å². The van der Waals surface area contributed by atoms with Crippen molar-refractivity contribution in [2.24, 2.45) is 0 Å². The molecule has 0 aliphatic rings. The topological polar surface area (TPSA) is 55.0 Å². The van der Waals surface area contributed by atoms with Gasteiger partial charge in [0, 0.05) is 17.0 Å². The number of ether oxygens (including phenoxy) is 1. The van der Waals surface area contributed by atoms with Gasteiger partial charge in [-0.3, -0.25) is 4.79 Å². The van der Waals surface area contributed by atoms with Crippen molar-refractivity contribution in [3.63, 3.8) is 0 Å². The zero-order valence-corrected chi connectivity index (χ0v) is 12.5. The number of nitrogens with zero attached hydrogens (tertiary/aromatic N) is 1. The van der Waals surface area contributed by atoms with E-state index in [2.05, 4.69) is 9.97 Å². The number of aromatic amines is 1. The summed E-state index contributed by atoms with van der Waals surface area (Å²) in [6.07, 6.45) is 1.72. The lowest BCUT2D eigenvalue weighted by atomic mass is 10.1. The highest BCUT2D eigenvalue weighted by Crippen LogP contribution is 2.24. The predicted octanol–water partition coefficient (Wildman–Crippen LogP) is 3.69. The van der Waals surface area contributed by atoms with Crippen LogP contribution in [0.3, 0.4) is 0 Å². The van der Waals surface area contributed by atoms with E-state index in [9.17, 15) is 4.79 Å². The third-order valence-corrected chi connectivity index (χ3v) is 3.52. The second-order valence-corrected chi connectivity index (χ2v) is 4.70. The fourth-order valence-corrected chi connectivity index (χ4v) is 2.46. The van der Waals surface area contributed by atoms with Crippen LogP contribution in [0.15, 0.2) is 40.6 Å². The molecule has 0 saturated heterocycles. The summed E-state index contributed by atoms with van der Waals surface area (Å²) in [7, 11) is 1.61. The third kappa shape index (κ3) is 2.72. The molecule has 0 saturated carbocycles. The smallest absolute Gasteiger partial charge is 0.256 e. The first kappa shape index (κ1) is 14.3. The largest absolute Gasteiger partial charge is 0.497 e. The minimum absolute atomic E-state index is 0.111. The average molecular weight is 288 g/mol. The van der Waals surface area contributed by atoms with Gasteiger partial charge in [-0.15, -0.1) is 11.3 Å². The lowest BCUT2D eigenvalue weighted by molar-refractivity contribution is 0.415. The van der Waals surface area contributed by atoms with Crippen molar-refractivity contribution in [1.82, 2.24) is 9.97 Å². The lowest BCUT2D eigenvalue weighted by Crippen LogP contribution is -2.07. The standard InChI is InChI=1S/C13H10N2O2S.C2H6/c1-17-9-2-3-10-8(6-9)7-11(15-12(10)16)13-14-4-5-18-13;1-2/h2-7H,1H3,(H,15,16);1-2H3. The van der Waals surface area contributed by atoms with Crippen LogP contribution < -0.4 is 10.3 Å². The molecule has 0 aliphatic carbocycles. The highest BCUT2D eigenvalue weighted by Gasteiger charge is 2.06. The first-order chi connectivity index (χ1) is 9.78. The Morgan fingerprint density at radius 3 is 2.70 bits per heavy atom. The summed E-state index contributed by atoms with van der Waals surface area (Å²) in [6, 6.07) is 7.30. The zero-order chi connectivity index (χ0) is 14.5. The first-order valence-corrected chi connectivity index (χ1v) is 7.27. The molecule has 0 unspecified atom stereocenters. The van der Waals surface area contributed by atoms with Gasteiger partial charge in [0.25, 0.3) is 5.56 Å². The molecule has 0 bridgehead atoms. The van der Waals surface area contributed by atoms with E-state index in [1.54, 1.807) is 25.4 Å². The quantitative estimate of drug-likeness (QED) is 0.782. The summed E-state index contributed by atoms with van der Waals surface area (Å²) in [6.45, 7) is 4.00. The van der Waals surface area contributed by atoms with E-state index in [-0.39, 0.29) is 5.56 Å². The summed E-state index contributed by atoms with van der Waals surface area (Å²) in [5.41, 5.74) is 0.621. The number of fused-ring (bicyclic) bond motifs is 1. The van der Waals surface area contributed by atoms with E-state index in [0.29, 0.717) is 5.39 Å². The van der Waals surface area contributed by atoms with Gasteiger partial charge in [0.1, 0.15) is 10.8 Å². The monoisotopic (exact) mass is 288 g/mol. The molecule has 0 atom stereocenters. The molecule has 4 nitrogen and oxygen atoms in total. The Kier molecular flexibility index (Phi) is 4.53. The summed E-state index contributed by atoms with van der Waals surface area (Å²) in [4.78, 5) is 19.0. The van der Waals surface area contributed by atoms with Crippen LogP contribution in [0.5, 0.6) is 5.75 Å². The van der Waals surface area contributed by atoms with E-state index in [4.69, 9.17) is 4.74 Å². The maximum atomic E-state index is 12.0. The fourth-order valence-electron chi connectivity index (χ4n) is 1.85. The first-order valence-electron chi connectivity index (χ1n) is 6.39. The molecule has 104 valence electrons. The Balaban J connectivity index is 0.000000704. The number of methoxy groups -OCH3 is 1. The van der Waals surface area contributed by atoms with Gasteiger partial charge in [-0.25, -0.2) is 4.98 Å². The van der Waals surface area contributed by atoms with Crippen LogP contribution >= 0.6 is 11.3 Å². The lowest BCUT2D eigenvalue weighted by Gasteiger charge is -2.03. The van der Waals surface area contributed by atoms with Gasteiger partial charge in [-0.2, -0.15) is 0 Å². The van der Waals surface area contributed by atoms with Crippen LogP contribution in [0.1, 0.15) is 13.8 Å². The van der Waals surface area contributed by atoms with Crippen molar-refractivity contribution in [2.75, 3.05) is 7.11 Å². The molecule has 0 fully saturated rings. The number of benzene rings is 1. The number of H-pyrrole nitrogens is 1.